The van der Waals surface area contributed by atoms with E-state index >= 15 is 0 Å². The van der Waals surface area contributed by atoms with Gasteiger partial charge in [0, 0.05) is 0 Å². The van der Waals surface area contributed by atoms with E-state index in [0.29, 0.717) is 0 Å². The van der Waals surface area contributed by atoms with Gasteiger partial charge in [0.15, 0.2) is 0 Å². The van der Waals surface area contributed by atoms with Crippen LogP contribution in [0.2, 0.25) is 0 Å². The van der Waals surface area contributed by atoms with Crippen LogP contribution in [0.15, 0.2) is 72.8 Å². The fourth-order valence-corrected chi connectivity index (χ4v) is 3.68. The van der Waals surface area contributed by atoms with E-state index in [1.807, 2.05) is 24.3 Å². The van der Waals surface area contributed by atoms with E-state index in [-0.39, 0.29) is 11.6 Å². The molecule has 0 radical (unpaired) electrons. The molecule has 0 saturated carbocycles. The van der Waals surface area contributed by atoms with Gasteiger partial charge in [-0.05, 0) is 82.6 Å². The van der Waals surface area contributed by atoms with E-state index in [4.69, 9.17) is 0 Å². The van der Waals surface area contributed by atoms with Crippen LogP contribution in [0.3, 0.4) is 0 Å². The molecule has 4 aromatic carbocycles. The monoisotopic (exact) mass is 360 g/mol. The molecule has 0 atom stereocenters. The summed E-state index contributed by atoms with van der Waals surface area (Å²) in [7, 11) is 0. The number of unbranched alkanes of at least 4 members (excludes halogenated alkanes) is 2. The molecule has 0 bridgehead atoms. The first-order valence-electron chi connectivity index (χ1n) is 9.54. The minimum atomic E-state index is -0.186. The Balaban J connectivity index is 1.29. The standard InChI is InChI=1S/C25H22F2/c26-24-12-10-20-14-18(6-8-22(20)16-24)4-2-1-3-5-19-7-9-23-17-25(27)13-11-21(23)15-19/h6-17H,1-5H2. The fourth-order valence-electron chi connectivity index (χ4n) is 3.68. The molecular formula is C25H22F2. The van der Waals surface area contributed by atoms with Gasteiger partial charge < -0.3 is 0 Å². The second kappa shape index (κ2) is 7.87. The molecule has 0 nitrogen and oxygen atoms in total. The molecule has 0 spiro atoms. The Hall–Kier alpha value is -2.74. The van der Waals surface area contributed by atoms with E-state index in [2.05, 4.69) is 24.3 Å². The maximum Gasteiger partial charge on any atom is 0.123 e. The molecule has 0 aliphatic heterocycles. The zero-order valence-electron chi connectivity index (χ0n) is 15.2. The van der Waals surface area contributed by atoms with Crippen LogP contribution >= 0.6 is 0 Å². The first-order valence-corrected chi connectivity index (χ1v) is 9.54. The lowest BCUT2D eigenvalue weighted by Crippen LogP contribution is -1.90. The molecule has 0 saturated heterocycles. The summed E-state index contributed by atoms with van der Waals surface area (Å²) in [6, 6.07) is 22.4. The van der Waals surface area contributed by atoms with Crippen molar-refractivity contribution in [2.75, 3.05) is 0 Å². The highest BCUT2D eigenvalue weighted by atomic mass is 19.1. The van der Waals surface area contributed by atoms with E-state index in [0.717, 1.165) is 47.2 Å². The summed E-state index contributed by atoms with van der Waals surface area (Å²) in [4.78, 5) is 0. The average Bonchev–Trinajstić information content (AvgIpc) is 2.68. The second-order valence-electron chi connectivity index (χ2n) is 7.21. The zero-order valence-corrected chi connectivity index (χ0v) is 15.2. The van der Waals surface area contributed by atoms with Crippen molar-refractivity contribution in [1.29, 1.82) is 0 Å². The molecule has 0 unspecified atom stereocenters. The maximum atomic E-state index is 13.3. The Labute approximate surface area is 158 Å². The van der Waals surface area contributed by atoms with Gasteiger partial charge in [-0.25, -0.2) is 8.78 Å². The quantitative estimate of drug-likeness (QED) is 0.318. The summed E-state index contributed by atoms with van der Waals surface area (Å²) < 4.78 is 26.5. The summed E-state index contributed by atoms with van der Waals surface area (Å²) in [5.41, 5.74) is 2.61. The van der Waals surface area contributed by atoms with Crippen molar-refractivity contribution in [3.8, 4) is 0 Å². The molecule has 0 aliphatic rings. The van der Waals surface area contributed by atoms with Crippen molar-refractivity contribution in [3.05, 3.63) is 95.6 Å². The number of rotatable bonds is 6. The molecule has 136 valence electrons. The van der Waals surface area contributed by atoms with Crippen LogP contribution in [0.25, 0.3) is 21.5 Å². The SMILES string of the molecule is Fc1ccc2cc(CCCCCc3ccc4cc(F)ccc4c3)ccc2c1. The summed E-state index contributed by atoms with van der Waals surface area (Å²) in [6.45, 7) is 0. The predicted molar refractivity (Wildman–Crippen MR) is 109 cm³/mol. The molecular weight excluding hydrogens is 338 g/mol. The Kier molecular flexibility index (Phi) is 5.15. The van der Waals surface area contributed by atoms with Crippen molar-refractivity contribution < 1.29 is 8.78 Å². The number of benzene rings is 4. The summed E-state index contributed by atoms with van der Waals surface area (Å²) in [5, 5.41) is 4.10. The van der Waals surface area contributed by atoms with Crippen LogP contribution < -0.4 is 0 Å². The summed E-state index contributed by atoms with van der Waals surface area (Å²) >= 11 is 0. The van der Waals surface area contributed by atoms with Crippen LogP contribution in [-0.2, 0) is 12.8 Å². The van der Waals surface area contributed by atoms with Gasteiger partial charge in [0.1, 0.15) is 11.6 Å². The molecule has 4 rings (SSSR count). The van der Waals surface area contributed by atoms with E-state index in [1.165, 1.54) is 29.7 Å². The number of halogens is 2. The molecule has 27 heavy (non-hydrogen) atoms. The molecule has 0 aliphatic carbocycles. The Morgan fingerprint density at radius 3 is 1.33 bits per heavy atom. The van der Waals surface area contributed by atoms with Gasteiger partial charge >= 0.3 is 0 Å². The van der Waals surface area contributed by atoms with Crippen molar-refractivity contribution in [2.24, 2.45) is 0 Å². The Morgan fingerprint density at radius 2 is 0.852 bits per heavy atom. The molecule has 2 heteroatoms. The van der Waals surface area contributed by atoms with Crippen LogP contribution in [0.4, 0.5) is 8.78 Å². The number of hydrogen-bond donors (Lipinski definition) is 0. The van der Waals surface area contributed by atoms with Gasteiger partial charge in [-0.1, -0.05) is 55.0 Å². The van der Waals surface area contributed by atoms with E-state index in [9.17, 15) is 8.78 Å². The lowest BCUT2D eigenvalue weighted by atomic mass is 10.00. The van der Waals surface area contributed by atoms with Crippen molar-refractivity contribution in [1.82, 2.24) is 0 Å². The Morgan fingerprint density at radius 1 is 0.444 bits per heavy atom. The van der Waals surface area contributed by atoms with Gasteiger partial charge in [0.05, 0.1) is 0 Å². The number of aryl methyl sites for hydroxylation is 2. The van der Waals surface area contributed by atoms with Crippen molar-refractivity contribution in [2.45, 2.75) is 32.1 Å². The number of fused-ring (bicyclic) bond motifs is 2. The molecule has 0 amide bonds. The predicted octanol–water partition coefficient (Wildman–Crippen LogP) is 7.23. The van der Waals surface area contributed by atoms with Crippen molar-refractivity contribution >= 4 is 21.5 Å². The average molecular weight is 360 g/mol. The topological polar surface area (TPSA) is 0 Å². The molecule has 4 aromatic rings. The van der Waals surface area contributed by atoms with Crippen LogP contribution in [0.1, 0.15) is 30.4 Å². The highest BCUT2D eigenvalue weighted by Gasteiger charge is 2.01. The second-order valence-corrected chi connectivity index (χ2v) is 7.21. The highest BCUT2D eigenvalue weighted by Crippen LogP contribution is 2.21. The molecule has 0 N–H and O–H groups in total. The first-order chi connectivity index (χ1) is 13.2. The molecule has 0 aromatic heterocycles. The Bertz CT molecular complexity index is 995. The lowest BCUT2D eigenvalue weighted by molar-refractivity contribution is 0.629. The third kappa shape index (κ3) is 4.33. The maximum absolute atomic E-state index is 13.3. The van der Waals surface area contributed by atoms with E-state index < -0.39 is 0 Å². The summed E-state index contributed by atoms with van der Waals surface area (Å²) in [5.74, 6) is -0.372. The minimum absolute atomic E-state index is 0.186. The molecule has 0 heterocycles. The zero-order chi connectivity index (χ0) is 18.6. The fraction of sp³-hybridized carbons (Fsp3) is 0.200. The van der Waals surface area contributed by atoms with Gasteiger partial charge in [0.25, 0.3) is 0 Å². The van der Waals surface area contributed by atoms with Gasteiger partial charge in [-0.15, -0.1) is 0 Å². The van der Waals surface area contributed by atoms with Crippen molar-refractivity contribution in [3.63, 3.8) is 0 Å². The van der Waals surface area contributed by atoms with Crippen LogP contribution in [0.5, 0.6) is 0 Å². The normalized spacial score (nSPS) is 11.3. The smallest absolute Gasteiger partial charge is 0.123 e. The number of hydrogen-bond acceptors (Lipinski definition) is 0. The van der Waals surface area contributed by atoms with Gasteiger partial charge in [0.2, 0.25) is 0 Å². The lowest BCUT2D eigenvalue weighted by Gasteiger charge is -2.06. The van der Waals surface area contributed by atoms with Crippen LogP contribution in [0, 0.1) is 11.6 Å². The minimum Gasteiger partial charge on any atom is -0.207 e. The first kappa shape index (κ1) is 17.7. The van der Waals surface area contributed by atoms with Gasteiger partial charge in [-0.2, -0.15) is 0 Å². The largest absolute Gasteiger partial charge is 0.207 e. The highest BCUT2D eigenvalue weighted by molar-refractivity contribution is 5.83. The summed E-state index contributed by atoms with van der Waals surface area (Å²) in [6.07, 6.45) is 5.55. The third-order valence-electron chi connectivity index (χ3n) is 5.16. The van der Waals surface area contributed by atoms with E-state index in [1.54, 1.807) is 12.1 Å². The third-order valence-corrected chi connectivity index (χ3v) is 5.16. The van der Waals surface area contributed by atoms with Crippen LogP contribution in [-0.4, -0.2) is 0 Å². The van der Waals surface area contributed by atoms with Gasteiger partial charge in [-0.3, -0.25) is 0 Å². The molecule has 0 fully saturated rings.